The Morgan fingerprint density at radius 2 is 2.03 bits per heavy atom. The first kappa shape index (κ1) is 18.4. The predicted molar refractivity (Wildman–Crippen MR) is 104 cm³/mol. The Morgan fingerprint density at radius 1 is 1.28 bits per heavy atom. The van der Waals surface area contributed by atoms with Crippen LogP contribution in [0.25, 0.3) is 0 Å². The number of fused-ring (bicyclic) bond motifs is 1. The molecule has 0 unspecified atom stereocenters. The summed E-state index contributed by atoms with van der Waals surface area (Å²) < 4.78 is 21.7. The molecular formula is C22H17FN4O2. The van der Waals surface area contributed by atoms with Crippen LogP contribution >= 0.6 is 0 Å². The molecule has 0 radical (unpaired) electrons. The van der Waals surface area contributed by atoms with Gasteiger partial charge in [0, 0.05) is 23.5 Å². The maximum atomic E-state index is 14.6. The van der Waals surface area contributed by atoms with Crippen molar-refractivity contribution in [1.82, 2.24) is 9.55 Å². The first-order valence-electron chi connectivity index (χ1n) is 8.97. The first-order valence-corrected chi connectivity index (χ1v) is 8.97. The van der Waals surface area contributed by atoms with E-state index in [4.69, 9.17) is 10.5 Å². The molecule has 1 aromatic carbocycles. The minimum Gasteiger partial charge on any atom is -0.440 e. The molecule has 3 aromatic rings. The maximum absolute atomic E-state index is 14.6. The van der Waals surface area contributed by atoms with E-state index < -0.39 is 11.7 Å². The number of aryl methyl sites for hydroxylation is 1. The number of pyridine rings is 2. The van der Waals surface area contributed by atoms with Crippen molar-refractivity contribution in [3.63, 3.8) is 0 Å². The summed E-state index contributed by atoms with van der Waals surface area (Å²) in [7, 11) is 0. The molecule has 2 N–H and O–H groups in total. The van der Waals surface area contributed by atoms with E-state index in [1.165, 1.54) is 10.6 Å². The second-order valence-electron chi connectivity index (χ2n) is 6.72. The number of ether oxygens (including phenoxy) is 1. The minimum absolute atomic E-state index is 0.00735. The zero-order valence-corrected chi connectivity index (χ0v) is 15.6. The molecule has 0 saturated carbocycles. The predicted octanol–water partition coefficient (Wildman–Crippen LogP) is 2.96. The number of halogens is 1. The van der Waals surface area contributed by atoms with Gasteiger partial charge in [0.05, 0.1) is 23.7 Å². The fourth-order valence-electron chi connectivity index (χ4n) is 3.56. The SMILES string of the molecule is Cc1cc2c(c(=O)n1Cc1ccccn1)[C@H](c1ccccc1F)C(C#N)=C(N)O2. The van der Waals surface area contributed by atoms with Crippen LogP contribution < -0.4 is 16.0 Å². The second-order valence-corrected chi connectivity index (χ2v) is 6.72. The smallest absolute Gasteiger partial charge is 0.259 e. The van der Waals surface area contributed by atoms with Gasteiger partial charge in [-0.05, 0) is 25.1 Å². The monoisotopic (exact) mass is 388 g/mol. The molecule has 0 fully saturated rings. The van der Waals surface area contributed by atoms with E-state index in [0.29, 0.717) is 11.4 Å². The maximum Gasteiger partial charge on any atom is 0.259 e. The van der Waals surface area contributed by atoms with Crippen LogP contribution in [0.5, 0.6) is 5.75 Å². The summed E-state index contributed by atoms with van der Waals surface area (Å²) in [6, 6.07) is 15.1. The molecule has 0 aliphatic carbocycles. The van der Waals surface area contributed by atoms with Crippen LogP contribution in [0.3, 0.4) is 0 Å². The van der Waals surface area contributed by atoms with Crippen molar-refractivity contribution in [1.29, 1.82) is 5.26 Å². The van der Waals surface area contributed by atoms with Gasteiger partial charge in [0.25, 0.3) is 5.56 Å². The lowest BCUT2D eigenvalue weighted by atomic mass is 9.83. The Balaban J connectivity index is 1.96. The van der Waals surface area contributed by atoms with Crippen LogP contribution in [0, 0.1) is 24.1 Å². The van der Waals surface area contributed by atoms with Crippen molar-refractivity contribution >= 4 is 0 Å². The standard InChI is InChI=1S/C22H17FN4O2/c1-13-10-18-20(22(28)27(13)12-14-6-4-5-9-26-14)19(16(11-24)21(25)29-18)15-7-2-3-8-17(15)23/h2-10,19H,12,25H2,1H3/t19-/m1/s1. The summed E-state index contributed by atoms with van der Waals surface area (Å²) in [6.07, 6.45) is 1.65. The average Bonchev–Trinajstić information content (AvgIpc) is 2.71. The molecule has 1 atom stereocenters. The van der Waals surface area contributed by atoms with Crippen LogP contribution in [0.4, 0.5) is 4.39 Å². The Kier molecular flexibility index (Phi) is 4.61. The molecule has 0 spiro atoms. The van der Waals surface area contributed by atoms with Gasteiger partial charge in [-0.1, -0.05) is 24.3 Å². The molecule has 3 heterocycles. The largest absolute Gasteiger partial charge is 0.440 e. The zero-order valence-electron chi connectivity index (χ0n) is 15.6. The van der Waals surface area contributed by atoms with E-state index >= 15 is 0 Å². The van der Waals surface area contributed by atoms with Crippen LogP contribution in [-0.2, 0) is 6.54 Å². The van der Waals surface area contributed by atoms with Gasteiger partial charge in [-0.2, -0.15) is 5.26 Å². The van der Waals surface area contributed by atoms with E-state index in [-0.39, 0.29) is 40.4 Å². The van der Waals surface area contributed by atoms with Gasteiger partial charge in [-0.3, -0.25) is 9.78 Å². The third-order valence-electron chi connectivity index (χ3n) is 4.95. The number of nitrogens with two attached hydrogens (primary N) is 1. The Hall–Kier alpha value is -3.92. The van der Waals surface area contributed by atoms with Crippen molar-refractivity contribution in [3.8, 4) is 11.8 Å². The first-order chi connectivity index (χ1) is 14.0. The number of allylic oxidation sites excluding steroid dienone is 1. The number of hydrogen-bond acceptors (Lipinski definition) is 5. The van der Waals surface area contributed by atoms with E-state index in [9.17, 15) is 14.4 Å². The summed E-state index contributed by atoms with van der Waals surface area (Å²) >= 11 is 0. The lowest BCUT2D eigenvalue weighted by Gasteiger charge is -2.27. The summed E-state index contributed by atoms with van der Waals surface area (Å²) in [4.78, 5) is 17.7. The van der Waals surface area contributed by atoms with Gasteiger partial charge in [0.1, 0.15) is 23.2 Å². The highest BCUT2D eigenvalue weighted by atomic mass is 19.1. The molecule has 7 heteroatoms. The molecule has 1 aliphatic heterocycles. The Morgan fingerprint density at radius 3 is 2.72 bits per heavy atom. The Labute approximate surface area is 166 Å². The molecular weight excluding hydrogens is 371 g/mol. The lowest BCUT2D eigenvalue weighted by Crippen LogP contribution is -2.33. The number of nitriles is 1. The summed E-state index contributed by atoms with van der Waals surface area (Å²) in [5.41, 5.74) is 7.29. The van der Waals surface area contributed by atoms with Crippen molar-refractivity contribution in [2.75, 3.05) is 0 Å². The fourth-order valence-corrected chi connectivity index (χ4v) is 3.56. The molecule has 0 amide bonds. The van der Waals surface area contributed by atoms with Crippen molar-refractivity contribution in [2.24, 2.45) is 5.73 Å². The Bertz CT molecular complexity index is 1230. The number of benzene rings is 1. The third kappa shape index (κ3) is 3.15. The summed E-state index contributed by atoms with van der Waals surface area (Å²) in [5, 5.41) is 9.65. The van der Waals surface area contributed by atoms with E-state index in [1.54, 1.807) is 43.5 Å². The highest BCUT2D eigenvalue weighted by Crippen LogP contribution is 2.41. The number of aromatic nitrogens is 2. The highest BCUT2D eigenvalue weighted by molar-refractivity contribution is 5.55. The van der Waals surface area contributed by atoms with E-state index in [0.717, 1.165) is 0 Å². The normalized spacial score (nSPS) is 15.4. The molecule has 6 nitrogen and oxygen atoms in total. The van der Waals surface area contributed by atoms with E-state index in [1.807, 2.05) is 18.2 Å². The number of rotatable bonds is 3. The van der Waals surface area contributed by atoms with Crippen molar-refractivity contribution in [2.45, 2.75) is 19.4 Å². The van der Waals surface area contributed by atoms with Gasteiger partial charge in [-0.25, -0.2) is 4.39 Å². The quantitative estimate of drug-likeness (QED) is 0.744. The van der Waals surface area contributed by atoms with Gasteiger partial charge >= 0.3 is 0 Å². The molecule has 0 bridgehead atoms. The zero-order chi connectivity index (χ0) is 20.5. The molecule has 1 aliphatic rings. The van der Waals surface area contributed by atoms with Crippen molar-refractivity contribution < 1.29 is 9.13 Å². The molecule has 4 rings (SSSR count). The third-order valence-corrected chi connectivity index (χ3v) is 4.95. The van der Waals surface area contributed by atoms with Gasteiger partial charge in [0.2, 0.25) is 5.88 Å². The van der Waals surface area contributed by atoms with Crippen LogP contribution in [0.1, 0.15) is 28.4 Å². The summed E-state index contributed by atoms with van der Waals surface area (Å²) in [6.45, 7) is 2.01. The van der Waals surface area contributed by atoms with Gasteiger partial charge in [0.15, 0.2) is 0 Å². The molecule has 29 heavy (non-hydrogen) atoms. The van der Waals surface area contributed by atoms with Gasteiger partial charge < -0.3 is 15.0 Å². The molecule has 2 aromatic heterocycles. The van der Waals surface area contributed by atoms with Crippen LogP contribution in [0.15, 0.2) is 71.0 Å². The summed E-state index contributed by atoms with van der Waals surface area (Å²) in [5.74, 6) is -1.38. The fraction of sp³-hybridized carbons (Fsp3) is 0.136. The lowest BCUT2D eigenvalue weighted by molar-refractivity contribution is 0.387. The number of hydrogen-bond donors (Lipinski definition) is 1. The van der Waals surface area contributed by atoms with Crippen LogP contribution in [0.2, 0.25) is 0 Å². The van der Waals surface area contributed by atoms with Crippen LogP contribution in [-0.4, -0.2) is 9.55 Å². The number of nitrogens with zero attached hydrogens (tertiary/aromatic N) is 3. The second kappa shape index (κ2) is 7.24. The van der Waals surface area contributed by atoms with Crippen molar-refractivity contribution in [3.05, 3.63) is 105 Å². The minimum atomic E-state index is -0.951. The molecule has 0 saturated heterocycles. The molecule has 144 valence electrons. The van der Waals surface area contributed by atoms with E-state index in [2.05, 4.69) is 4.98 Å². The van der Waals surface area contributed by atoms with Gasteiger partial charge in [-0.15, -0.1) is 0 Å². The average molecular weight is 388 g/mol. The topological polar surface area (TPSA) is 93.9 Å². The highest BCUT2D eigenvalue weighted by Gasteiger charge is 2.35.